The van der Waals surface area contributed by atoms with Crippen molar-refractivity contribution in [2.45, 2.75) is 64.1 Å². The molecule has 0 spiro atoms. The Hall–Kier alpha value is -8.04. The molecule has 0 bridgehead atoms. The van der Waals surface area contributed by atoms with Crippen LogP contribution in [0.25, 0.3) is 0 Å². The van der Waals surface area contributed by atoms with E-state index in [0.717, 1.165) is 71.4 Å². The van der Waals surface area contributed by atoms with Crippen LogP contribution in [-0.2, 0) is 45.9 Å². The first-order valence-electron chi connectivity index (χ1n) is 26.3. The first-order chi connectivity index (χ1) is 38.0. The number of rotatable bonds is 14. The van der Waals surface area contributed by atoms with Crippen molar-refractivity contribution in [1.29, 1.82) is 0 Å². The third-order valence-corrected chi connectivity index (χ3v) is 16.4. The number of benzene rings is 5. The predicted octanol–water partition coefficient (Wildman–Crippen LogP) is 5.85. The number of fused-ring (bicyclic) bond motifs is 2. The van der Waals surface area contributed by atoms with Crippen LogP contribution in [0.1, 0.15) is 89.4 Å². The molecule has 18 nitrogen and oxygen atoms in total. The minimum absolute atomic E-state index is 0.180. The third-order valence-electron chi connectivity index (χ3n) is 15.1. The summed E-state index contributed by atoms with van der Waals surface area (Å²) in [5, 5.41) is 5.28. The molecule has 5 aromatic rings. The number of nitrogens with zero attached hydrogens (tertiary/aromatic N) is 6. The lowest BCUT2D eigenvalue weighted by molar-refractivity contribution is -0.126. The van der Waals surface area contributed by atoms with Crippen LogP contribution in [0.4, 0.5) is 10.1 Å². The highest BCUT2D eigenvalue weighted by Gasteiger charge is 2.47. The zero-order valence-electron chi connectivity index (χ0n) is 43.8. The first kappa shape index (κ1) is 54.3. The van der Waals surface area contributed by atoms with E-state index in [1.54, 1.807) is 36.4 Å². The monoisotopic (exact) mass is 1090 g/mol. The van der Waals surface area contributed by atoms with Gasteiger partial charge >= 0.3 is 0 Å². The number of halogens is 1. The highest BCUT2D eigenvalue weighted by molar-refractivity contribution is 7.88. The molecule has 0 aromatic heterocycles. The van der Waals surface area contributed by atoms with Gasteiger partial charge in [-0.25, -0.2) is 12.8 Å². The second kappa shape index (κ2) is 23.1. The fourth-order valence-electron chi connectivity index (χ4n) is 10.7. The molecule has 11 rings (SSSR count). The summed E-state index contributed by atoms with van der Waals surface area (Å²) in [7, 11) is -3.15. The highest BCUT2D eigenvalue weighted by Crippen LogP contribution is 2.36. The van der Waals surface area contributed by atoms with Gasteiger partial charge < -0.3 is 25.0 Å². The molecular formula is C59H61FN8O10S. The largest absolute Gasteiger partial charge is 0.488 e. The standard InChI is InChI=1S/C32H31FN4O4.C27H30N4O6S/c1-21-5-14-27(30(38)34-21)37-31(39)26-3-2-4-28(29(26)32(37)40)41-20-23-8-6-22(7-9-23)19-35-15-17-36(18-16-35)25-12-10-24(33)11-13-25;1-18-6-11-22(25(32)28-18)31-26(33)21-4-3-5-23(24(21)27(31)34)37-17-20-9-7-19(8-10-20)16-29-12-14-30(15-13-29)38(2,35)36/h2-4,6-13,27H,1,5,14-20H2,(H,34,38);3-5,7-10,22H,1,6,11-17H2,2H3,(H,28,32). The maximum absolute atomic E-state index is 13.3. The Morgan fingerprint density at radius 3 is 1.34 bits per heavy atom. The van der Waals surface area contributed by atoms with E-state index in [1.165, 1.54) is 28.3 Å². The van der Waals surface area contributed by atoms with Crippen LogP contribution >= 0.6 is 0 Å². The topological polar surface area (TPSA) is 199 Å². The number of allylic oxidation sites excluding steroid dienone is 2. The Morgan fingerprint density at radius 2 is 0.937 bits per heavy atom. The number of ether oxygens (including phenoxy) is 2. The summed E-state index contributed by atoms with van der Waals surface area (Å²) in [6.07, 6.45) is 2.94. The number of carbonyl (C=O) groups excluding carboxylic acids is 6. The van der Waals surface area contributed by atoms with E-state index in [9.17, 15) is 41.6 Å². The average Bonchev–Trinajstić information content (AvgIpc) is 4.01. The maximum atomic E-state index is 13.3. The van der Waals surface area contributed by atoms with E-state index in [4.69, 9.17) is 9.47 Å². The zero-order valence-corrected chi connectivity index (χ0v) is 44.6. The molecule has 0 radical (unpaired) electrons. The van der Waals surface area contributed by atoms with Crippen molar-refractivity contribution < 1.29 is 51.0 Å². The highest BCUT2D eigenvalue weighted by atomic mass is 32.2. The smallest absolute Gasteiger partial charge is 0.266 e. The summed E-state index contributed by atoms with van der Waals surface area (Å²) in [5.41, 5.74) is 7.19. The second-order valence-electron chi connectivity index (χ2n) is 20.5. The number of sulfonamides is 1. The lowest BCUT2D eigenvalue weighted by Gasteiger charge is -2.36. The van der Waals surface area contributed by atoms with Crippen LogP contribution in [0, 0.1) is 5.82 Å². The maximum Gasteiger partial charge on any atom is 0.266 e. The van der Waals surface area contributed by atoms with Crippen LogP contribution in [-0.4, -0.2) is 138 Å². The normalized spacial score (nSPS) is 20.2. The molecule has 6 aliphatic heterocycles. The van der Waals surface area contributed by atoms with Crippen molar-refractivity contribution in [3.05, 3.63) is 184 Å². The molecule has 2 unspecified atom stereocenters. The molecule has 20 heteroatoms. The van der Waals surface area contributed by atoms with Crippen LogP contribution in [0.2, 0.25) is 0 Å². The summed E-state index contributed by atoms with van der Waals surface area (Å²) in [6.45, 7) is 15.5. The minimum Gasteiger partial charge on any atom is -0.488 e. The van der Waals surface area contributed by atoms with Crippen molar-refractivity contribution in [2.24, 2.45) is 0 Å². The number of imide groups is 2. The van der Waals surface area contributed by atoms with Gasteiger partial charge in [-0.2, -0.15) is 4.31 Å². The average molecular weight is 1090 g/mol. The molecule has 410 valence electrons. The Labute approximate surface area is 458 Å². The molecule has 0 aliphatic carbocycles. The number of amides is 6. The number of carbonyl (C=O) groups is 6. The Balaban J connectivity index is 0.000000179. The van der Waals surface area contributed by atoms with Gasteiger partial charge in [0.1, 0.15) is 42.6 Å². The van der Waals surface area contributed by atoms with Crippen LogP contribution in [0.5, 0.6) is 11.5 Å². The Bertz CT molecular complexity index is 3340. The molecule has 4 fully saturated rings. The van der Waals surface area contributed by atoms with E-state index in [-0.39, 0.29) is 41.3 Å². The van der Waals surface area contributed by atoms with E-state index < -0.39 is 57.6 Å². The van der Waals surface area contributed by atoms with Crippen molar-refractivity contribution >= 4 is 51.2 Å². The molecular weight excluding hydrogens is 1030 g/mol. The number of nitrogens with one attached hydrogen (secondary N) is 2. The van der Waals surface area contributed by atoms with Crippen molar-refractivity contribution in [1.82, 2.24) is 34.5 Å². The second-order valence-corrected chi connectivity index (χ2v) is 22.5. The summed E-state index contributed by atoms with van der Waals surface area (Å²) in [5.74, 6) is -2.41. The number of piperidine rings is 2. The quantitative estimate of drug-likeness (QED) is 0.126. The predicted molar refractivity (Wildman–Crippen MR) is 292 cm³/mol. The molecule has 2 N–H and O–H groups in total. The lowest BCUT2D eigenvalue weighted by Crippen LogP contribution is -2.51. The van der Waals surface area contributed by atoms with Gasteiger partial charge in [0.05, 0.1) is 28.5 Å². The third kappa shape index (κ3) is 12.0. The van der Waals surface area contributed by atoms with Gasteiger partial charge in [0.25, 0.3) is 23.6 Å². The van der Waals surface area contributed by atoms with Gasteiger partial charge in [0, 0.05) is 82.5 Å². The summed E-state index contributed by atoms with van der Waals surface area (Å²) in [6, 6.07) is 30.8. The Kier molecular flexibility index (Phi) is 15.9. The fraction of sp³-hybridized carbons (Fsp3) is 0.322. The molecule has 2 atom stereocenters. The molecule has 0 saturated carbocycles. The van der Waals surface area contributed by atoms with Crippen molar-refractivity contribution in [2.75, 3.05) is 63.5 Å². The summed E-state index contributed by atoms with van der Waals surface area (Å²) in [4.78, 5) is 86.6. The van der Waals surface area contributed by atoms with E-state index >= 15 is 0 Å². The Morgan fingerprint density at radius 1 is 0.532 bits per heavy atom. The van der Waals surface area contributed by atoms with Crippen molar-refractivity contribution in [3.8, 4) is 11.5 Å². The van der Waals surface area contributed by atoms with E-state index in [2.05, 4.69) is 50.6 Å². The lowest BCUT2D eigenvalue weighted by atomic mass is 10.0. The zero-order chi connectivity index (χ0) is 55.5. The van der Waals surface area contributed by atoms with Crippen LogP contribution in [0.3, 0.4) is 0 Å². The van der Waals surface area contributed by atoms with Crippen LogP contribution < -0.4 is 25.0 Å². The fourth-order valence-corrected chi connectivity index (χ4v) is 11.6. The summed E-state index contributed by atoms with van der Waals surface area (Å²) < 4.78 is 50.1. The molecule has 6 amide bonds. The van der Waals surface area contributed by atoms with Gasteiger partial charge in [-0.1, -0.05) is 73.8 Å². The van der Waals surface area contributed by atoms with E-state index in [1.807, 2.05) is 48.5 Å². The van der Waals surface area contributed by atoms with Gasteiger partial charge in [-0.05, 0) is 96.5 Å². The molecule has 5 aromatic carbocycles. The number of hydrogen-bond acceptors (Lipinski definition) is 13. The molecule has 6 aliphatic rings. The molecule has 6 heterocycles. The first-order valence-corrected chi connectivity index (χ1v) is 28.1. The molecule has 4 saturated heterocycles. The minimum atomic E-state index is -3.15. The van der Waals surface area contributed by atoms with Gasteiger partial charge in [-0.15, -0.1) is 0 Å². The van der Waals surface area contributed by atoms with Gasteiger partial charge in [-0.3, -0.25) is 48.4 Å². The molecule has 79 heavy (non-hydrogen) atoms. The number of piperazine rings is 2. The van der Waals surface area contributed by atoms with Crippen molar-refractivity contribution in [3.63, 3.8) is 0 Å². The van der Waals surface area contributed by atoms with Gasteiger partial charge in [0.15, 0.2) is 0 Å². The summed E-state index contributed by atoms with van der Waals surface area (Å²) >= 11 is 0. The SMILES string of the molecule is C=C1CCC(N2C(=O)c3cccc(OCc4ccc(CN5CCN(S(C)(=O)=O)CC5)cc4)c3C2=O)C(=O)N1.C=C1CCC(N2C(=O)c3cccc(OCc4ccc(CN5CCN(c6ccc(F)cc6)CC5)cc4)c3C2=O)C(=O)N1. The van der Waals surface area contributed by atoms with Crippen LogP contribution in [0.15, 0.2) is 134 Å². The van der Waals surface area contributed by atoms with E-state index in [0.29, 0.717) is 74.8 Å². The number of anilines is 1. The van der Waals surface area contributed by atoms with Gasteiger partial charge in [0.2, 0.25) is 21.8 Å². The number of hydrogen-bond donors (Lipinski definition) is 2.